The van der Waals surface area contributed by atoms with Gasteiger partial charge in [0.25, 0.3) is 11.8 Å². The third-order valence-electron chi connectivity index (χ3n) is 6.82. The molecule has 7 nitrogen and oxygen atoms in total. The Morgan fingerprint density at radius 1 is 0.717 bits per heavy atom. The second kappa shape index (κ2) is 15.9. The summed E-state index contributed by atoms with van der Waals surface area (Å²) in [6.45, 7) is 0.434. The number of hydrogen-bond donors (Lipinski definition) is 2. The van der Waals surface area contributed by atoms with Crippen LogP contribution in [-0.4, -0.2) is 30.5 Å². The van der Waals surface area contributed by atoms with Gasteiger partial charge in [-0.1, -0.05) is 78.9 Å². The molecule has 0 atom stereocenters. The molecule has 46 heavy (non-hydrogen) atoms. The molecule has 5 rings (SSSR count). The number of ether oxygens (including phenoxy) is 2. The van der Waals surface area contributed by atoms with Crippen molar-refractivity contribution in [3.63, 3.8) is 0 Å². The molecule has 230 valence electrons. The predicted molar refractivity (Wildman–Crippen MR) is 182 cm³/mol. The van der Waals surface area contributed by atoms with Crippen molar-refractivity contribution in [2.75, 3.05) is 18.2 Å². The third kappa shape index (κ3) is 9.20. The lowest BCUT2D eigenvalue weighted by Gasteiger charge is -2.12. The molecule has 0 heterocycles. The zero-order valence-electron chi connectivity index (χ0n) is 25.1. The van der Waals surface area contributed by atoms with Crippen LogP contribution in [0, 0.1) is 0 Å². The Morgan fingerprint density at radius 2 is 1.41 bits per heavy atom. The van der Waals surface area contributed by atoms with Crippen LogP contribution in [-0.2, 0) is 11.4 Å². The van der Waals surface area contributed by atoms with Crippen molar-refractivity contribution in [2.24, 2.45) is 0 Å². The van der Waals surface area contributed by atoms with Crippen LogP contribution >= 0.6 is 11.8 Å². The summed E-state index contributed by atoms with van der Waals surface area (Å²) in [5.74, 6) is 0.571. The fraction of sp³-hybridized carbons (Fsp3) is 0.0789. The van der Waals surface area contributed by atoms with Gasteiger partial charge in [0.15, 0.2) is 5.78 Å². The fourth-order valence-corrected chi connectivity index (χ4v) is 5.25. The van der Waals surface area contributed by atoms with E-state index in [9.17, 15) is 14.4 Å². The van der Waals surface area contributed by atoms with E-state index in [-0.39, 0.29) is 17.2 Å². The van der Waals surface area contributed by atoms with Gasteiger partial charge in [-0.25, -0.2) is 0 Å². The molecule has 0 aliphatic rings. The first-order valence-corrected chi connectivity index (χ1v) is 15.5. The van der Waals surface area contributed by atoms with Crippen LogP contribution in [0.3, 0.4) is 0 Å². The van der Waals surface area contributed by atoms with Crippen LogP contribution in [0.25, 0.3) is 6.08 Å². The van der Waals surface area contributed by atoms with Crippen molar-refractivity contribution in [3.8, 4) is 11.5 Å². The number of rotatable bonds is 13. The number of hydrogen-bond acceptors (Lipinski definition) is 6. The van der Waals surface area contributed by atoms with E-state index in [4.69, 9.17) is 9.47 Å². The van der Waals surface area contributed by atoms with Crippen molar-refractivity contribution in [2.45, 2.75) is 11.5 Å². The fourth-order valence-electron chi connectivity index (χ4n) is 4.40. The standard InChI is InChI=1S/C38H32N2O5S/c1-44-33-16-8-14-30(23-33)36(41)26-46-34-17-9-15-31(24-34)39-38(43)35(40-37(42)29-12-6-3-7-13-29)22-27-18-20-32(21-19-27)45-25-28-10-4-2-5-11-28/h2-24H,25-26H2,1H3,(H,39,43)(H,40,42)/b35-22-. The van der Waals surface area contributed by atoms with Gasteiger partial charge in [-0.15, -0.1) is 11.8 Å². The molecule has 2 amide bonds. The van der Waals surface area contributed by atoms with Crippen LogP contribution < -0.4 is 20.1 Å². The lowest BCUT2D eigenvalue weighted by atomic mass is 10.1. The monoisotopic (exact) mass is 628 g/mol. The Morgan fingerprint density at radius 3 is 2.15 bits per heavy atom. The van der Waals surface area contributed by atoms with Gasteiger partial charge >= 0.3 is 0 Å². The molecule has 2 N–H and O–H groups in total. The van der Waals surface area contributed by atoms with E-state index < -0.39 is 11.8 Å². The minimum Gasteiger partial charge on any atom is -0.497 e. The molecule has 5 aromatic rings. The number of methoxy groups -OCH3 is 1. The maximum absolute atomic E-state index is 13.5. The van der Waals surface area contributed by atoms with E-state index in [0.29, 0.717) is 40.5 Å². The largest absolute Gasteiger partial charge is 0.497 e. The molecule has 0 aliphatic heterocycles. The van der Waals surface area contributed by atoms with Crippen LogP contribution in [0.4, 0.5) is 5.69 Å². The molecular formula is C38H32N2O5S. The highest BCUT2D eigenvalue weighted by atomic mass is 32.2. The zero-order chi connectivity index (χ0) is 32.1. The second-order valence-corrected chi connectivity index (χ2v) is 11.2. The Kier molecular flexibility index (Phi) is 11.0. The first kappa shape index (κ1) is 31.8. The maximum atomic E-state index is 13.5. The number of amides is 2. The van der Waals surface area contributed by atoms with Crippen LogP contribution in [0.2, 0.25) is 0 Å². The van der Waals surface area contributed by atoms with Crippen molar-refractivity contribution in [1.29, 1.82) is 0 Å². The normalized spacial score (nSPS) is 10.9. The summed E-state index contributed by atoms with van der Waals surface area (Å²) in [5, 5.41) is 5.65. The van der Waals surface area contributed by atoms with Gasteiger partial charge in [0.1, 0.15) is 23.8 Å². The van der Waals surface area contributed by atoms with E-state index in [0.717, 1.165) is 10.5 Å². The van der Waals surface area contributed by atoms with Gasteiger partial charge in [-0.2, -0.15) is 0 Å². The number of ketones is 1. The summed E-state index contributed by atoms with van der Waals surface area (Å²) >= 11 is 1.36. The SMILES string of the molecule is COc1cccc(C(=O)CSc2cccc(NC(=O)/C(=C/c3ccc(OCc4ccccc4)cc3)NC(=O)c3ccccc3)c2)c1. The molecular weight excluding hydrogens is 596 g/mol. The Balaban J connectivity index is 1.28. The number of Topliss-reactive ketones (excluding diaryl/α,β-unsaturated/α-hetero) is 1. The van der Waals surface area contributed by atoms with E-state index in [2.05, 4.69) is 10.6 Å². The molecule has 0 aliphatic carbocycles. The van der Waals surface area contributed by atoms with Crippen LogP contribution in [0.1, 0.15) is 31.8 Å². The van der Waals surface area contributed by atoms with Crippen LogP contribution in [0.15, 0.2) is 144 Å². The van der Waals surface area contributed by atoms with Gasteiger partial charge in [-0.05, 0) is 71.8 Å². The summed E-state index contributed by atoms with van der Waals surface area (Å²) in [6, 6.07) is 40.1. The summed E-state index contributed by atoms with van der Waals surface area (Å²) in [7, 11) is 1.56. The molecule has 0 fully saturated rings. The number of thioether (sulfide) groups is 1. The number of benzene rings is 5. The van der Waals surface area contributed by atoms with E-state index in [1.165, 1.54) is 11.8 Å². The highest BCUT2D eigenvalue weighted by Gasteiger charge is 2.16. The van der Waals surface area contributed by atoms with E-state index >= 15 is 0 Å². The summed E-state index contributed by atoms with van der Waals surface area (Å²) in [5.41, 5.74) is 3.33. The van der Waals surface area contributed by atoms with Crippen molar-refractivity contribution in [3.05, 3.63) is 161 Å². The van der Waals surface area contributed by atoms with Crippen LogP contribution in [0.5, 0.6) is 11.5 Å². The second-order valence-electron chi connectivity index (χ2n) is 10.1. The summed E-state index contributed by atoms with van der Waals surface area (Å²) in [4.78, 5) is 40.1. The molecule has 0 unspecified atom stereocenters. The number of carbonyl (C=O) groups excluding carboxylic acids is 3. The smallest absolute Gasteiger partial charge is 0.272 e. The minimum absolute atomic E-state index is 0.0383. The van der Waals surface area contributed by atoms with Gasteiger partial charge in [-0.3, -0.25) is 14.4 Å². The quantitative estimate of drug-likeness (QED) is 0.0790. The Hall–Kier alpha value is -5.60. The molecule has 0 aromatic heterocycles. The highest BCUT2D eigenvalue weighted by molar-refractivity contribution is 8.00. The molecule has 0 spiro atoms. The van der Waals surface area contributed by atoms with Crippen molar-refractivity contribution in [1.82, 2.24) is 5.32 Å². The lowest BCUT2D eigenvalue weighted by Crippen LogP contribution is -2.30. The summed E-state index contributed by atoms with van der Waals surface area (Å²) < 4.78 is 11.1. The predicted octanol–water partition coefficient (Wildman–Crippen LogP) is 7.66. The third-order valence-corrected chi connectivity index (χ3v) is 7.82. The van der Waals surface area contributed by atoms with Gasteiger partial charge in [0.2, 0.25) is 0 Å². The van der Waals surface area contributed by atoms with E-state index in [1.54, 1.807) is 79.9 Å². The van der Waals surface area contributed by atoms with E-state index in [1.807, 2.05) is 66.7 Å². The number of carbonyl (C=O) groups is 3. The number of nitrogens with one attached hydrogen (secondary N) is 2. The molecule has 5 aromatic carbocycles. The minimum atomic E-state index is -0.497. The molecule has 8 heteroatoms. The molecule has 0 bridgehead atoms. The van der Waals surface area contributed by atoms with Gasteiger partial charge in [0, 0.05) is 21.7 Å². The molecule has 0 saturated heterocycles. The first-order chi connectivity index (χ1) is 22.5. The van der Waals surface area contributed by atoms with Crippen molar-refractivity contribution < 1.29 is 23.9 Å². The molecule has 0 saturated carbocycles. The zero-order valence-corrected chi connectivity index (χ0v) is 26.0. The average molecular weight is 629 g/mol. The molecule has 0 radical (unpaired) electrons. The highest BCUT2D eigenvalue weighted by Crippen LogP contribution is 2.24. The topological polar surface area (TPSA) is 93.7 Å². The van der Waals surface area contributed by atoms with Gasteiger partial charge in [0.05, 0.1) is 12.9 Å². The average Bonchev–Trinajstić information content (AvgIpc) is 3.11. The summed E-state index contributed by atoms with van der Waals surface area (Å²) in [6.07, 6.45) is 1.61. The lowest BCUT2D eigenvalue weighted by molar-refractivity contribution is -0.113. The number of anilines is 1. The Bertz CT molecular complexity index is 1820. The Labute approximate surface area is 272 Å². The first-order valence-electron chi connectivity index (χ1n) is 14.5. The van der Waals surface area contributed by atoms with Gasteiger partial charge < -0.3 is 20.1 Å². The maximum Gasteiger partial charge on any atom is 0.272 e. The van der Waals surface area contributed by atoms with Crippen molar-refractivity contribution >= 4 is 41.1 Å².